The topological polar surface area (TPSA) is 74.6 Å². The Labute approximate surface area is 85.9 Å². The molecule has 4 nitrogen and oxygen atoms in total. The second kappa shape index (κ2) is 3.31. The molecule has 1 aromatic carbocycles. The van der Waals surface area contributed by atoms with Crippen LogP contribution in [0.4, 0.5) is 0 Å². The predicted octanol–water partition coefficient (Wildman–Crippen LogP) is -0.189. The van der Waals surface area contributed by atoms with Crippen LogP contribution < -0.4 is 3.07 Å². The molecule has 1 rings (SSSR count). The first-order valence-electron chi connectivity index (χ1n) is 3.04. The van der Waals surface area contributed by atoms with E-state index in [0.29, 0.717) is 3.07 Å². The van der Waals surface area contributed by atoms with Crippen LogP contribution in [0.5, 0.6) is 5.75 Å². The zero-order valence-electron chi connectivity index (χ0n) is 6.06. The fourth-order valence-electron chi connectivity index (χ4n) is 0.818. The molecule has 0 aliphatic heterocycles. The van der Waals surface area contributed by atoms with Gasteiger partial charge < -0.3 is 0 Å². The monoisotopic (exact) mass is 375 g/mol. The molecule has 6 heteroatoms. The van der Waals surface area contributed by atoms with E-state index in [0.717, 1.165) is 0 Å². The number of phenols is 1. The molecular weight excluding hydrogens is 369 g/mol. The number of aromatic hydroxyl groups is 1. The third-order valence-corrected chi connectivity index (χ3v) is 5.55. The van der Waals surface area contributed by atoms with Crippen LogP contribution in [0.1, 0.15) is 0 Å². The average molecular weight is 374 g/mol. The summed E-state index contributed by atoms with van der Waals surface area (Å²) in [6.07, 6.45) is 0. The molecule has 0 aromatic heterocycles. The summed E-state index contributed by atoms with van der Waals surface area (Å²) in [5, 5.41) is 8.96. The Balaban J connectivity index is 3.39. The van der Waals surface area contributed by atoms with Crippen LogP contribution in [0.15, 0.2) is 23.1 Å². The minimum absolute atomic E-state index is 0.0207. The summed E-state index contributed by atoms with van der Waals surface area (Å²) in [5.41, 5.74) is 0. The molecule has 0 aliphatic rings. The molecule has 0 amide bonds. The van der Waals surface area contributed by atoms with Crippen molar-refractivity contribution in [1.82, 2.24) is 0 Å². The van der Waals surface area contributed by atoms with E-state index in [1.165, 1.54) is 18.2 Å². The molecule has 0 saturated carbocycles. The van der Waals surface area contributed by atoms with Crippen LogP contribution in [0.3, 0.4) is 0 Å². The van der Waals surface area contributed by atoms with Crippen LogP contribution >= 0.6 is 0 Å². The predicted molar refractivity (Wildman–Crippen MR) is 37.6 cm³/mol. The number of benzene rings is 1. The Bertz CT molecular complexity index is 398. The van der Waals surface area contributed by atoms with Gasteiger partial charge in [-0.2, -0.15) is 0 Å². The molecule has 0 bridgehead atoms. The Morgan fingerprint density at radius 1 is 1.33 bits per heavy atom. The standard InChI is InChI=1S/C6H5O4S.Hg/c7-5-1-3-6(4-2-5)11(8,9)10;/h1-3,7H,(H,8,9,10);. The first kappa shape index (κ1) is 9.95. The molecule has 0 saturated heterocycles. The zero-order chi connectivity index (χ0) is 9.35. The van der Waals surface area contributed by atoms with E-state index >= 15 is 0 Å². The molecule has 0 unspecified atom stereocenters. The maximum atomic E-state index is 10.7. The third-order valence-electron chi connectivity index (χ3n) is 1.32. The van der Waals surface area contributed by atoms with Crippen molar-refractivity contribution >= 4 is 13.2 Å². The van der Waals surface area contributed by atoms with Crippen LogP contribution in [0, 0.1) is 0 Å². The van der Waals surface area contributed by atoms with Crippen molar-refractivity contribution in [2.75, 3.05) is 0 Å². The van der Waals surface area contributed by atoms with Crippen molar-refractivity contribution in [3.05, 3.63) is 18.2 Å². The first-order valence-corrected chi connectivity index (χ1v) is 7.22. The third kappa shape index (κ3) is 2.18. The average Bonchev–Trinajstić information content (AvgIpc) is 1.83. The van der Waals surface area contributed by atoms with Gasteiger partial charge in [-0.1, -0.05) is 0 Å². The first-order chi connectivity index (χ1) is 5.41. The molecule has 0 radical (unpaired) electrons. The van der Waals surface area contributed by atoms with Crippen LogP contribution in [-0.4, -0.2) is 18.1 Å². The van der Waals surface area contributed by atoms with E-state index in [4.69, 9.17) is 9.66 Å². The molecule has 0 aliphatic carbocycles. The van der Waals surface area contributed by atoms with Gasteiger partial charge in [0.1, 0.15) is 0 Å². The summed E-state index contributed by atoms with van der Waals surface area (Å²) in [5.74, 6) is 0.0207. The van der Waals surface area contributed by atoms with E-state index < -0.39 is 10.1 Å². The van der Waals surface area contributed by atoms with Crippen molar-refractivity contribution in [1.29, 1.82) is 0 Å². The van der Waals surface area contributed by atoms with Gasteiger partial charge in [-0.3, -0.25) is 0 Å². The van der Waals surface area contributed by atoms with Crippen LogP contribution in [0.2, 0.25) is 0 Å². The van der Waals surface area contributed by atoms with Crippen molar-refractivity contribution < 1.29 is 44.2 Å². The van der Waals surface area contributed by atoms with Gasteiger partial charge in [-0.15, -0.1) is 0 Å². The fourth-order valence-corrected chi connectivity index (χ4v) is 4.85. The van der Waals surface area contributed by atoms with Gasteiger partial charge in [-0.05, 0) is 0 Å². The molecule has 0 spiro atoms. The fraction of sp³-hybridized carbons (Fsp3) is 0. The van der Waals surface area contributed by atoms with Crippen molar-refractivity contribution in [2.24, 2.45) is 0 Å². The van der Waals surface area contributed by atoms with E-state index in [9.17, 15) is 8.42 Å². The minimum atomic E-state index is -4.11. The van der Waals surface area contributed by atoms with Gasteiger partial charge in [0.25, 0.3) is 0 Å². The number of hydrogen-bond acceptors (Lipinski definition) is 3. The number of hydrogen-bond donors (Lipinski definition) is 2. The molecule has 12 heavy (non-hydrogen) atoms. The molecule has 0 fully saturated rings. The van der Waals surface area contributed by atoms with Gasteiger partial charge in [-0.25, -0.2) is 0 Å². The molecule has 2 N–H and O–H groups in total. The second-order valence-electron chi connectivity index (χ2n) is 2.27. The van der Waals surface area contributed by atoms with Crippen molar-refractivity contribution in [3.63, 3.8) is 0 Å². The maximum absolute atomic E-state index is 10.7. The SMILES string of the molecule is O=S(=O)(O)c1ccc(O)c[c]1[Hg]. The van der Waals surface area contributed by atoms with Gasteiger partial charge in [0.15, 0.2) is 0 Å². The molecule has 0 heterocycles. The Morgan fingerprint density at radius 3 is 2.33 bits per heavy atom. The van der Waals surface area contributed by atoms with Gasteiger partial charge in [0.2, 0.25) is 0 Å². The quantitative estimate of drug-likeness (QED) is 0.528. The molecule has 61 valence electrons. The van der Waals surface area contributed by atoms with E-state index in [-0.39, 0.29) is 36.8 Å². The van der Waals surface area contributed by atoms with Gasteiger partial charge in [0.05, 0.1) is 0 Å². The summed E-state index contributed by atoms with van der Waals surface area (Å²) in [4.78, 5) is -0.0939. The van der Waals surface area contributed by atoms with Gasteiger partial charge >= 0.3 is 86.2 Å². The molecule has 0 atom stereocenters. The van der Waals surface area contributed by atoms with E-state index in [1.54, 1.807) is 0 Å². The summed E-state index contributed by atoms with van der Waals surface area (Å²) in [7, 11) is -4.11. The zero-order valence-corrected chi connectivity index (χ0v) is 12.4. The summed E-state index contributed by atoms with van der Waals surface area (Å²) < 4.78 is 30.5. The molecule has 1 aromatic rings. The summed E-state index contributed by atoms with van der Waals surface area (Å²) in [6.45, 7) is 0. The van der Waals surface area contributed by atoms with Crippen LogP contribution in [-0.2, 0) is 36.2 Å². The summed E-state index contributed by atoms with van der Waals surface area (Å²) in [6, 6.07) is 3.79. The van der Waals surface area contributed by atoms with E-state index in [1.807, 2.05) is 0 Å². The second-order valence-corrected chi connectivity index (χ2v) is 6.62. The van der Waals surface area contributed by atoms with Crippen molar-refractivity contribution in [3.8, 4) is 5.75 Å². The van der Waals surface area contributed by atoms with Crippen molar-refractivity contribution in [2.45, 2.75) is 4.90 Å². The molecular formula is C6H5HgO4S. The normalized spacial score (nSPS) is 11.6. The Kier molecular flexibility index (Phi) is 2.75. The number of phenolic OH excluding ortho intramolecular Hbond substituents is 1. The Morgan fingerprint density at radius 2 is 1.92 bits per heavy atom. The number of rotatable bonds is 1. The summed E-state index contributed by atoms with van der Waals surface area (Å²) >= 11 is 0.0425. The Hall–Kier alpha value is -0.135. The van der Waals surface area contributed by atoms with Gasteiger partial charge in [0, 0.05) is 0 Å². The van der Waals surface area contributed by atoms with Crippen LogP contribution in [0.25, 0.3) is 0 Å². The van der Waals surface area contributed by atoms with E-state index in [2.05, 4.69) is 0 Å².